The molecule has 1 rings (SSSR count). The highest BCUT2D eigenvalue weighted by Gasteiger charge is 2.16. The van der Waals surface area contributed by atoms with Crippen molar-refractivity contribution in [2.24, 2.45) is 5.10 Å². The monoisotopic (exact) mass is 270 g/mol. The number of nitrogens with one attached hydrogen (secondary N) is 1. The highest BCUT2D eigenvalue weighted by molar-refractivity contribution is 7.10. The number of nitrogens with zero attached hydrogens (tertiary/aromatic N) is 2. The van der Waals surface area contributed by atoms with Crippen LogP contribution in [0.25, 0.3) is 0 Å². The summed E-state index contributed by atoms with van der Waals surface area (Å²) in [5.41, 5.74) is 9.72. The molecule has 1 aromatic heterocycles. The van der Waals surface area contributed by atoms with E-state index < -0.39 is 11.7 Å². The highest BCUT2D eigenvalue weighted by atomic mass is 32.1. The van der Waals surface area contributed by atoms with Gasteiger partial charge in [0.15, 0.2) is 0 Å². The quantitative estimate of drug-likeness (QED) is 0.637. The lowest BCUT2D eigenvalue weighted by molar-refractivity contribution is 0.0529. The Morgan fingerprint density at radius 3 is 2.56 bits per heavy atom. The first-order valence-corrected chi connectivity index (χ1v) is 6.23. The summed E-state index contributed by atoms with van der Waals surface area (Å²) in [6.45, 7) is 8.95. The van der Waals surface area contributed by atoms with E-state index in [1.807, 2.05) is 6.92 Å². The highest BCUT2D eigenvalue weighted by Crippen LogP contribution is 2.21. The third kappa shape index (κ3) is 3.99. The van der Waals surface area contributed by atoms with E-state index in [1.165, 1.54) is 11.5 Å². The average molecular weight is 270 g/mol. The summed E-state index contributed by atoms with van der Waals surface area (Å²) < 4.78 is 9.18. The number of aromatic nitrogens is 1. The molecular formula is C11H18N4O2S. The zero-order valence-electron chi connectivity index (χ0n) is 11.2. The van der Waals surface area contributed by atoms with Gasteiger partial charge in [-0.05, 0) is 46.2 Å². The first-order valence-electron chi connectivity index (χ1n) is 5.46. The van der Waals surface area contributed by atoms with Crippen LogP contribution in [-0.2, 0) is 4.74 Å². The first kappa shape index (κ1) is 14.4. The van der Waals surface area contributed by atoms with E-state index in [0.29, 0.717) is 10.7 Å². The maximum absolute atomic E-state index is 11.4. The summed E-state index contributed by atoms with van der Waals surface area (Å²) in [6, 6.07) is 0. The van der Waals surface area contributed by atoms with Crippen molar-refractivity contribution in [3.05, 3.63) is 11.3 Å². The molecule has 0 radical (unpaired) electrons. The Morgan fingerprint density at radius 1 is 1.50 bits per heavy atom. The summed E-state index contributed by atoms with van der Waals surface area (Å²) in [7, 11) is 0. The molecule has 0 aliphatic heterocycles. The van der Waals surface area contributed by atoms with Crippen LogP contribution in [0.4, 0.5) is 9.80 Å². The Bertz CT molecular complexity index is 454. The second kappa shape index (κ2) is 5.34. The van der Waals surface area contributed by atoms with Gasteiger partial charge in [0.2, 0.25) is 0 Å². The molecule has 0 aromatic carbocycles. The molecule has 0 saturated heterocycles. The van der Waals surface area contributed by atoms with Crippen molar-refractivity contribution < 1.29 is 9.53 Å². The van der Waals surface area contributed by atoms with Crippen LogP contribution in [0.5, 0.6) is 0 Å². The molecule has 0 spiro atoms. The molecule has 0 saturated carbocycles. The van der Waals surface area contributed by atoms with Gasteiger partial charge >= 0.3 is 6.09 Å². The zero-order valence-corrected chi connectivity index (χ0v) is 12.0. The predicted octanol–water partition coefficient (Wildman–Crippen LogP) is 2.28. The number of carbonyl (C=O) groups is 1. The van der Waals surface area contributed by atoms with Gasteiger partial charge in [-0.2, -0.15) is 9.47 Å². The molecule has 6 nitrogen and oxygen atoms in total. The number of ether oxygens (including phenoxy) is 1. The summed E-state index contributed by atoms with van der Waals surface area (Å²) in [6.07, 6.45) is -0.596. The zero-order chi connectivity index (χ0) is 13.9. The molecule has 0 atom stereocenters. The van der Waals surface area contributed by atoms with Crippen molar-refractivity contribution in [2.75, 3.05) is 5.73 Å². The average Bonchev–Trinajstić information content (AvgIpc) is 2.53. The number of hydrazone groups is 1. The van der Waals surface area contributed by atoms with Gasteiger partial charge in [-0.25, -0.2) is 10.2 Å². The molecule has 18 heavy (non-hydrogen) atoms. The van der Waals surface area contributed by atoms with Gasteiger partial charge in [0, 0.05) is 0 Å². The minimum absolute atomic E-state index is 0.549. The number of hydrogen-bond acceptors (Lipinski definition) is 6. The fourth-order valence-electron chi connectivity index (χ4n) is 1.31. The lowest BCUT2D eigenvalue weighted by Crippen LogP contribution is -2.30. The third-order valence-electron chi connectivity index (χ3n) is 1.96. The van der Waals surface area contributed by atoms with Crippen LogP contribution >= 0.6 is 11.5 Å². The van der Waals surface area contributed by atoms with Gasteiger partial charge in [-0.1, -0.05) is 0 Å². The topological polar surface area (TPSA) is 89.6 Å². The van der Waals surface area contributed by atoms with Gasteiger partial charge in [-0.15, -0.1) is 0 Å². The number of carbonyl (C=O) groups excluding carboxylic acids is 1. The molecular weight excluding hydrogens is 252 g/mol. The summed E-state index contributed by atoms with van der Waals surface area (Å²) >= 11 is 1.21. The van der Waals surface area contributed by atoms with Crippen molar-refractivity contribution in [1.82, 2.24) is 9.80 Å². The van der Waals surface area contributed by atoms with Crippen molar-refractivity contribution >= 4 is 28.3 Å². The fourth-order valence-corrected chi connectivity index (χ4v) is 2.03. The molecule has 0 fully saturated rings. The van der Waals surface area contributed by atoms with Gasteiger partial charge in [0.25, 0.3) is 0 Å². The molecule has 3 N–H and O–H groups in total. The standard InChI is InChI=1S/C11H18N4O2S/c1-6(8-7(2)15-18-9(8)12)13-14-10(16)17-11(3,4)5/h12H2,1-5H3,(H,14,16)/b13-6-. The number of hydrogen-bond donors (Lipinski definition) is 2. The maximum Gasteiger partial charge on any atom is 0.428 e. The molecule has 0 bridgehead atoms. The molecule has 0 aliphatic rings. The van der Waals surface area contributed by atoms with Crippen molar-refractivity contribution in [3.8, 4) is 0 Å². The largest absolute Gasteiger partial charge is 0.443 e. The van der Waals surface area contributed by atoms with Crippen LogP contribution in [-0.4, -0.2) is 21.8 Å². The minimum Gasteiger partial charge on any atom is -0.443 e. The van der Waals surface area contributed by atoms with E-state index in [-0.39, 0.29) is 0 Å². The molecule has 1 heterocycles. The first-order chi connectivity index (χ1) is 8.20. The fraction of sp³-hybridized carbons (Fsp3) is 0.545. The minimum atomic E-state index is -0.596. The molecule has 0 aliphatic carbocycles. The lowest BCUT2D eigenvalue weighted by Gasteiger charge is -2.18. The summed E-state index contributed by atoms with van der Waals surface area (Å²) in [5.74, 6) is 0. The summed E-state index contributed by atoms with van der Waals surface area (Å²) in [5, 5.41) is 4.53. The Hall–Kier alpha value is -1.63. The van der Waals surface area contributed by atoms with Crippen LogP contribution < -0.4 is 11.2 Å². The second-order valence-electron chi connectivity index (χ2n) is 4.82. The number of nitrogens with two attached hydrogens (primary N) is 1. The Balaban J connectivity index is 2.71. The van der Waals surface area contributed by atoms with Gasteiger partial charge < -0.3 is 10.5 Å². The van der Waals surface area contributed by atoms with E-state index >= 15 is 0 Å². The Kier molecular flexibility index (Phi) is 4.28. The SMILES string of the molecule is C/C(=N/NC(=O)OC(C)(C)C)c1c(C)nsc1N. The second-order valence-corrected chi connectivity index (χ2v) is 5.62. The predicted molar refractivity (Wildman–Crippen MR) is 72.8 cm³/mol. The number of amides is 1. The van der Waals surface area contributed by atoms with Crippen LogP contribution in [0, 0.1) is 6.92 Å². The number of rotatable bonds is 2. The van der Waals surface area contributed by atoms with Gasteiger partial charge in [0.05, 0.1) is 17.0 Å². The normalized spacial score (nSPS) is 12.4. The Labute approximate surface area is 110 Å². The van der Waals surface area contributed by atoms with E-state index in [2.05, 4.69) is 14.9 Å². The van der Waals surface area contributed by atoms with Crippen molar-refractivity contribution in [2.45, 2.75) is 40.2 Å². The number of anilines is 1. The van der Waals surface area contributed by atoms with Crippen molar-refractivity contribution in [1.29, 1.82) is 0 Å². The van der Waals surface area contributed by atoms with E-state index in [0.717, 1.165) is 11.3 Å². The van der Waals surface area contributed by atoms with Crippen molar-refractivity contribution in [3.63, 3.8) is 0 Å². The van der Waals surface area contributed by atoms with Crippen LogP contribution in [0.1, 0.15) is 39.0 Å². The van der Waals surface area contributed by atoms with E-state index in [4.69, 9.17) is 10.5 Å². The number of aryl methyl sites for hydroxylation is 1. The maximum atomic E-state index is 11.4. The van der Waals surface area contributed by atoms with Gasteiger partial charge in [0.1, 0.15) is 10.6 Å². The van der Waals surface area contributed by atoms with Gasteiger partial charge in [-0.3, -0.25) is 0 Å². The molecule has 7 heteroatoms. The number of nitrogen functional groups attached to an aromatic ring is 1. The lowest BCUT2D eigenvalue weighted by atomic mass is 10.2. The smallest absolute Gasteiger partial charge is 0.428 e. The summed E-state index contributed by atoms with van der Waals surface area (Å²) in [4.78, 5) is 11.4. The van der Waals surface area contributed by atoms with E-state index in [9.17, 15) is 4.79 Å². The Morgan fingerprint density at radius 2 is 2.11 bits per heavy atom. The molecule has 1 amide bonds. The van der Waals surface area contributed by atoms with E-state index in [1.54, 1.807) is 27.7 Å². The van der Waals surface area contributed by atoms with Crippen LogP contribution in [0.3, 0.4) is 0 Å². The third-order valence-corrected chi connectivity index (χ3v) is 2.73. The molecule has 0 unspecified atom stereocenters. The van der Waals surface area contributed by atoms with Crippen LogP contribution in [0.2, 0.25) is 0 Å². The molecule has 1 aromatic rings. The van der Waals surface area contributed by atoms with Crippen LogP contribution in [0.15, 0.2) is 5.10 Å². The molecule has 100 valence electrons.